The van der Waals surface area contributed by atoms with Crippen LogP contribution in [0.3, 0.4) is 0 Å². The Morgan fingerprint density at radius 2 is 1.96 bits per heavy atom. The molecule has 2 atom stereocenters. The van der Waals surface area contributed by atoms with E-state index in [1.807, 2.05) is 26.0 Å². The minimum atomic E-state index is -0.684. The van der Waals surface area contributed by atoms with Crippen LogP contribution in [0.5, 0.6) is 0 Å². The fourth-order valence-corrected chi connectivity index (χ4v) is 3.12. The number of primary amides is 1. The first kappa shape index (κ1) is 18.1. The van der Waals surface area contributed by atoms with Gasteiger partial charge < -0.3 is 21.3 Å². The topological polar surface area (TPSA) is 87.5 Å². The van der Waals surface area contributed by atoms with Crippen molar-refractivity contribution >= 4 is 23.3 Å². The average Bonchev–Trinajstić information content (AvgIpc) is 3.05. The third kappa shape index (κ3) is 4.40. The van der Waals surface area contributed by atoms with Crippen LogP contribution in [0.2, 0.25) is 0 Å². The van der Waals surface area contributed by atoms with Crippen molar-refractivity contribution in [1.29, 1.82) is 0 Å². The number of hydrogen-bond donors (Lipinski definition) is 3. The molecule has 4 N–H and O–H groups in total. The van der Waals surface area contributed by atoms with Gasteiger partial charge in [0.2, 0.25) is 5.91 Å². The van der Waals surface area contributed by atoms with Crippen LogP contribution in [0.15, 0.2) is 18.2 Å². The molecule has 0 unspecified atom stereocenters. The molecule has 1 aliphatic rings. The van der Waals surface area contributed by atoms with E-state index in [4.69, 9.17) is 5.73 Å². The summed E-state index contributed by atoms with van der Waals surface area (Å²) in [4.78, 5) is 26.0. The number of nitrogens with zero attached hydrogens (tertiary/aromatic N) is 1. The molecular weight excluding hydrogens is 304 g/mol. The molecule has 1 aromatic carbocycles. The second-order valence-electron chi connectivity index (χ2n) is 6.56. The van der Waals surface area contributed by atoms with E-state index in [-0.39, 0.29) is 11.8 Å². The van der Waals surface area contributed by atoms with Crippen LogP contribution in [0, 0.1) is 12.8 Å². The summed E-state index contributed by atoms with van der Waals surface area (Å²) in [5, 5.41) is 5.43. The number of nitrogens with two attached hydrogens (primary N) is 1. The molecule has 1 heterocycles. The van der Waals surface area contributed by atoms with Gasteiger partial charge in [-0.25, -0.2) is 4.79 Å². The molecular formula is C18H28N4O2. The van der Waals surface area contributed by atoms with E-state index < -0.39 is 12.1 Å². The van der Waals surface area contributed by atoms with Crippen LogP contribution < -0.4 is 21.3 Å². The highest BCUT2D eigenvalue weighted by Gasteiger charge is 2.25. The summed E-state index contributed by atoms with van der Waals surface area (Å²) in [6.45, 7) is 8.12. The highest BCUT2D eigenvalue weighted by atomic mass is 16.2. The Hall–Kier alpha value is -2.24. The van der Waals surface area contributed by atoms with Gasteiger partial charge in [-0.3, -0.25) is 4.79 Å². The van der Waals surface area contributed by atoms with E-state index in [2.05, 4.69) is 28.5 Å². The summed E-state index contributed by atoms with van der Waals surface area (Å²) in [5.41, 5.74) is 8.29. The number of nitrogens with one attached hydrogen (secondary N) is 2. The molecule has 0 radical (unpaired) electrons. The molecule has 24 heavy (non-hydrogen) atoms. The van der Waals surface area contributed by atoms with E-state index in [0.717, 1.165) is 30.8 Å². The van der Waals surface area contributed by atoms with Crippen molar-refractivity contribution in [3.8, 4) is 0 Å². The predicted molar refractivity (Wildman–Crippen MR) is 97.2 cm³/mol. The van der Waals surface area contributed by atoms with Crippen molar-refractivity contribution < 1.29 is 9.59 Å². The first-order valence-electron chi connectivity index (χ1n) is 8.64. The molecule has 0 bridgehead atoms. The molecule has 6 heteroatoms. The fraction of sp³-hybridized carbons (Fsp3) is 0.556. The maximum absolute atomic E-state index is 12.5. The number of urea groups is 1. The van der Waals surface area contributed by atoms with E-state index in [9.17, 15) is 9.59 Å². The third-order valence-corrected chi connectivity index (χ3v) is 4.70. The van der Waals surface area contributed by atoms with Crippen molar-refractivity contribution in [3.63, 3.8) is 0 Å². The zero-order valence-corrected chi connectivity index (χ0v) is 14.8. The van der Waals surface area contributed by atoms with Gasteiger partial charge in [-0.1, -0.05) is 20.3 Å². The molecule has 3 amide bonds. The fourth-order valence-electron chi connectivity index (χ4n) is 3.12. The van der Waals surface area contributed by atoms with Crippen LogP contribution in [0.1, 0.15) is 38.7 Å². The van der Waals surface area contributed by atoms with Crippen LogP contribution >= 0.6 is 0 Å². The van der Waals surface area contributed by atoms with Crippen LogP contribution in [-0.2, 0) is 4.79 Å². The van der Waals surface area contributed by atoms with Gasteiger partial charge in [-0.05, 0) is 49.4 Å². The summed E-state index contributed by atoms with van der Waals surface area (Å²) in [5.74, 6) is -0.237. The predicted octanol–water partition coefficient (Wildman–Crippen LogP) is 2.62. The standard InChI is InChI=1S/C18H28N4O2/c1-4-12(2)16(21-18(19)24)17(23)20-14-7-8-15(13(3)11-14)22-9-5-6-10-22/h7-8,11-12,16H,4-6,9-10H2,1-3H3,(H,20,23)(H3,19,21,24)/t12-,16+/m0/s1. The van der Waals surface area contributed by atoms with E-state index in [1.54, 1.807) is 0 Å². The van der Waals surface area contributed by atoms with Crippen molar-refractivity contribution in [2.75, 3.05) is 23.3 Å². The van der Waals surface area contributed by atoms with Crippen molar-refractivity contribution in [2.45, 2.75) is 46.1 Å². The Bertz CT molecular complexity index is 597. The van der Waals surface area contributed by atoms with E-state index in [0.29, 0.717) is 0 Å². The first-order valence-corrected chi connectivity index (χ1v) is 8.64. The number of anilines is 2. The lowest BCUT2D eigenvalue weighted by atomic mass is 9.98. The summed E-state index contributed by atoms with van der Waals surface area (Å²) >= 11 is 0. The quantitative estimate of drug-likeness (QED) is 0.748. The maximum atomic E-state index is 12.5. The van der Waals surface area contributed by atoms with Crippen LogP contribution in [-0.4, -0.2) is 31.1 Å². The van der Waals surface area contributed by atoms with Crippen LogP contribution in [0.25, 0.3) is 0 Å². The van der Waals surface area contributed by atoms with Crippen molar-refractivity contribution in [1.82, 2.24) is 5.32 Å². The summed E-state index contributed by atoms with van der Waals surface area (Å²) in [6.07, 6.45) is 3.23. The smallest absolute Gasteiger partial charge is 0.312 e. The zero-order chi connectivity index (χ0) is 17.7. The number of rotatable bonds is 6. The monoisotopic (exact) mass is 332 g/mol. The number of carbonyl (C=O) groups is 2. The molecule has 6 nitrogen and oxygen atoms in total. The lowest BCUT2D eigenvalue weighted by molar-refractivity contribution is -0.119. The maximum Gasteiger partial charge on any atom is 0.312 e. The Kier molecular flexibility index (Phi) is 6.06. The second kappa shape index (κ2) is 8.04. The van der Waals surface area contributed by atoms with Crippen LogP contribution in [0.4, 0.5) is 16.2 Å². The first-order chi connectivity index (χ1) is 11.4. The number of amides is 3. The molecule has 1 aromatic rings. The van der Waals surface area contributed by atoms with Gasteiger partial charge >= 0.3 is 6.03 Å². The Balaban J connectivity index is 2.09. The number of aryl methyl sites for hydroxylation is 1. The minimum absolute atomic E-state index is 0.00229. The zero-order valence-electron chi connectivity index (χ0n) is 14.8. The van der Waals surface area contributed by atoms with E-state index >= 15 is 0 Å². The largest absolute Gasteiger partial charge is 0.371 e. The van der Waals surface area contributed by atoms with Gasteiger partial charge in [0.1, 0.15) is 6.04 Å². The highest BCUT2D eigenvalue weighted by molar-refractivity contribution is 5.97. The number of hydrogen-bond acceptors (Lipinski definition) is 3. The molecule has 1 fully saturated rings. The summed E-state index contributed by atoms with van der Waals surface area (Å²) < 4.78 is 0. The lowest BCUT2D eigenvalue weighted by Crippen LogP contribution is -2.49. The average molecular weight is 332 g/mol. The van der Waals surface area contributed by atoms with E-state index in [1.165, 1.54) is 18.5 Å². The lowest BCUT2D eigenvalue weighted by Gasteiger charge is -2.24. The Labute approximate surface area is 143 Å². The van der Waals surface area contributed by atoms with Gasteiger partial charge in [-0.15, -0.1) is 0 Å². The molecule has 0 aliphatic carbocycles. The normalized spacial score (nSPS) is 16.5. The second-order valence-corrected chi connectivity index (χ2v) is 6.56. The molecule has 1 saturated heterocycles. The molecule has 0 spiro atoms. The van der Waals surface area contributed by atoms with Gasteiger partial charge in [0, 0.05) is 24.5 Å². The van der Waals surface area contributed by atoms with Gasteiger partial charge in [0.05, 0.1) is 0 Å². The molecule has 2 rings (SSSR count). The summed E-state index contributed by atoms with van der Waals surface area (Å²) in [6, 6.07) is 4.62. The molecule has 1 aliphatic heterocycles. The number of benzene rings is 1. The molecule has 132 valence electrons. The SMILES string of the molecule is CC[C@H](C)[C@@H](NC(N)=O)C(=O)Nc1ccc(N2CCCC2)c(C)c1. The van der Waals surface area contributed by atoms with Gasteiger partial charge in [0.15, 0.2) is 0 Å². The Morgan fingerprint density at radius 3 is 2.50 bits per heavy atom. The number of carbonyl (C=O) groups excluding carboxylic acids is 2. The highest BCUT2D eigenvalue weighted by Crippen LogP contribution is 2.27. The van der Waals surface area contributed by atoms with Gasteiger partial charge in [0.25, 0.3) is 0 Å². The third-order valence-electron chi connectivity index (χ3n) is 4.70. The van der Waals surface area contributed by atoms with Crippen molar-refractivity contribution in [2.24, 2.45) is 11.7 Å². The molecule has 0 aromatic heterocycles. The minimum Gasteiger partial charge on any atom is -0.371 e. The van der Waals surface area contributed by atoms with Gasteiger partial charge in [-0.2, -0.15) is 0 Å². The van der Waals surface area contributed by atoms with Crippen molar-refractivity contribution in [3.05, 3.63) is 23.8 Å². The molecule has 0 saturated carbocycles. The Morgan fingerprint density at radius 1 is 1.29 bits per heavy atom. The summed E-state index contributed by atoms with van der Waals surface area (Å²) in [7, 11) is 0.